The molecule has 1 rings (SSSR count). The number of aliphatic hydroxyl groups excluding tert-OH is 1. The predicted octanol–water partition coefficient (Wildman–Crippen LogP) is 0.224. The molecule has 2 heteroatoms. The van der Waals surface area contributed by atoms with Crippen molar-refractivity contribution >= 4 is 0 Å². The molecule has 1 fully saturated rings. The summed E-state index contributed by atoms with van der Waals surface area (Å²) in [5.41, 5.74) is 0. The van der Waals surface area contributed by atoms with Crippen LogP contribution in [0.3, 0.4) is 0 Å². The Bertz CT molecular complexity index is 85.0. The third-order valence-corrected chi connectivity index (χ3v) is 2.22. The van der Waals surface area contributed by atoms with Crippen molar-refractivity contribution in [1.29, 1.82) is 0 Å². The molecular weight excluding hydrogens is 114 g/mol. The molecule has 9 heavy (non-hydrogen) atoms. The van der Waals surface area contributed by atoms with Gasteiger partial charge in [-0.05, 0) is 24.8 Å². The van der Waals surface area contributed by atoms with E-state index in [2.05, 4.69) is 12.2 Å². The van der Waals surface area contributed by atoms with E-state index >= 15 is 0 Å². The van der Waals surface area contributed by atoms with Gasteiger partial charge < -0.3 is 10.4 Å². The lowest BCUT2D eigenvalue weighted by molar-refractivity contribution is 0.155. The van der Waals surface area contributed by atoms with Gasteiger partial charge in [0, 0.05) is 13.2 Å². The second-order valence-electron chi connectivity index (χ2n) is 2.91. The molecule has 1 aliphatic rings. The van der Waals surface area contributed by atoms with Crippen LogP contribution in [0.2, 0.25) is 0 Å². The van der Waals surface area contributed by atoms with Gasteiger partial charge >= 0.3 is 0 Å². The van der Waals surface area contributed by atoms with E-state index in [9.17, 15) is 0 Å². The largest absolute Gasteiger partial charge is 0.396 e. The number of hydrogen-bond donors (Lipinski definition) is 2. The number of nitrogens with one attached hydrogen (secondary N) is 1. The lowest BCUT2D eigenvalue weighted by Gasteiger charge is -2.27. The summed E-state index contributed by atoms with van der Waals surface area (Å²) in [5.74, 6) is 1.20. The smallest absolute Gasteiger partial charge is 0.0473 e. The van der Waals surface area contributed by atoms with Crippen LogP contribution in [0, 0.1) is 11.8 Å². The van der Waals surface area contributed by atoms with Gasteiger partial charge in [-0.3, -0.25) is 0 Å². The van der Waals surface area contributed by atoms with Crippen molar-refractivity contribution < 1.29 is 5.11 Å². The molecule has 0 amide bonds. The van der Waals surface area contributed by atoms with E-state index in [1.807, 2.05) is 0 Å². The van der Waals surface area contributed by atoms with Crippen molar-refractivity contribution in [2.24, 2.45) is 11.8 Å². The molecule has 2 atom stereocenters. The Morgan fingerprint density at radius 1 is 1.67 bits per heavy atom. The fourth-order valence-corrected chi connectivity index (χ4v) is 1.30. The maximum atomic E-state index is 8.82. The lowest BCUT2D eigenvalue weighted by Crippen LogP contribution is -2.37. The highest BCUT2D eigenvalue weighted by Crippen LogP contribution is 2.16. The second kappa shape index (κ2) is 3.18. The molecule has 2 nitrogen and oxygen atoms in total. The molecule has 0 radical (unpaired) electrons. The van der Waals surface area contributed by atoms with E-state index in [-0.39, 0.29) is 0 Å². The summed E-state index contributed by atoms with van der Waals surface area (Å²) in [6, 6.07) is 0. The predicted molar refractivity (Wildman–Crippen MR) is 37.2 cm³/mol. The Hall–Kier alpha value is -0.0800. The Kier molecular flexibility index (Phi) is 2.49. The molecule has 0 saturated carbocycles. The van der Waals surface area contributed by atoms with Gasteiger partial charge in [-0.15, -0.1) is 0 Å². The minimum Gasteiger partial charge on any atom is -0.396 e. The van der Waals surface area contributed by atoms with Gasteiger partial charge in [0.05, 0.1) is 0 Å². The van der Waals surface area contributed by atoms with E-state index in [1.54, 1.807) is 0 Å². The standard InChI is InChI=1S/C7H15NO/c1-6-2-3-8-4-7(6)5-9/h6-9H,2-5H2,1H3/t6-,7+/m0/s1. The van der Waals surface area contributed by atoms with E-state index < -0.39 is 0 Å². The first kappa shape index (κ1) is 7.03. The first-order valence-electron chi connectivity index (χ1n) is 3.66. The van der Waals surface area contributed by atoms with E-state index in [0.717, 1.165) is 13.1 Å². The first-order chi connectivity index (χ1) is 4.34. The van der Waals surface area contributed by atoms with Crippen LogP contribution in [0.5, 0.6) is 0 Å². The van der Waals surface area contributed by atoms with Crippen LogP contribution in [-0.2, 0) is 0 Å². The number of rotatable bonds is 1. The fraction of sp³-hybridized carbons (Fsp3) is 1.00. The molecule has 1 aliphatic heterocycles. The number of piperidine rings is 1. The van der Waals surface area contributed by atoms with Gasteiger partial charge in [-0.25, -0.2) is 0 Å². The third-order valence-electron chi connectivity index (χ3n) is 2.22. The van der Waals surface area contributed by atoms with Crippen molar-refractivity contribution in [3.8, 4) is 0 Å². The molecule has 1 heterocycles. The Labute approximate surface area is 56.3 Å². The van der Waals surface area contributed by atoms with Gasteiger partial charge in [-0.1, -0.05) is 6.92 Å². The summed E-state index contributed by atoms with van der Waals surface area (Å²) in [6.45, 7) is 4.67. The van der Waals surface area contributed by atoms with E-state index in [4.69, 9.17) is 5.11 Å². The zero-order chi connectivity index (χ0) is 6.69. The summed E-state index contributed by atoms with van der Waals surface area (Å²) in [4.78, 5) is 0. The molecular formula is C7H15NO. The number of aliphatic hydroxyl groups is 1. The van der Waals surface area contributed by atoms with Gasteiger partial charge in [0.2, 0.25) is 0 Å². The average molecular weight is 129 g/mol. The molecule has 0 aromatic carbocycles. The minimum absolute atomic E-state index is 0.341. The average Bonchev–Trinajstić information content (AvgIpc) is 1.89. The maximum absolute atomic E-state index is 8.82. The molecule has 1 saturated heterocycles. The third kappa shape index (κ3) is 1.66. The topological polar surface area (TPSA) is 32.3 Å². The maximum Gasteiger partial charge on any atom is 0.0473 e. The fourth-order valence-electron chi connectivity index (χ4n) is 1.30. The van der Waals surface area contributed by atoms with Crippen LogP contribution in [-0.4, -0.2) is 24.8 Å². The monoisotopic (exact) mass is 129 g/mol. The van der Waals surface area contributed by atoms with Crippen molar-refractivity contribution in [3.63, 3.8) is 0 Å². The zero-order valence-electron chi connectivity index (χ0n) is 5.93. The highest BCUT2D eigenvalue weighted by molar-refractivity contribution is 4.73. The summed E-state index contributed by atoms with van der Waals surface area (Å²) in [7, 11) is 0. The molecule has 2 N–H and O–H groups in total. The Morgan fingerprint density at radius 3 is 2.89 bits per heavy atom. The molecule has 0 aliphatic carbocycles. The minimum atomic E-state index is 0.341. The van der Waals surface area contributed by atoms with Crippen LogP contribution in [0.25, 0.3) is 0 Å². The second-order valence-corrected chi connectivity index (χ2v) is 2.91. The lowest BCUT2D eigenvalue weighted by atomic mass is 9.89. The summed E-state index contributed by atoms with van der Waals surface area (Å²) < 4.78 is 0. The van der Waals surface area contributed by atoms with Crippen LogP contribution < -0.4 is 5.32 Å². The van der Waals surface area contributed by atoms with Gasteiger partial charge in [0.15, 0.2) is 0 Å². The Morgan fingerprint density at radius 2 is 2.44 bits per heavy atom. The van der Waals surface area contributed by atoms with Crippen LogP contribution in [0.15, 0.2) is 0 Å². The summed E-state index contributed by atoms with van der Waals surface area (Å²) in [5, 5.41) is 12.1. The Balaban J connectivity index is 2.30. The van der Waals surface area contributed by atoms with Gasteiger partial charge in [0.1, 0.15) is 0 Å². The zero-order valence-corrected chi connectivity index (χ0v) is 5.93. The highest BCUT2D eigenvalue weighted by atomic mass is 16.3. The summed E-state index contributed by atoms with van der Waals surface area (Å²) in [6.07, 6.45) is 1.21. The van der Waals surface area contributed by atoms with Gasteiger partial charge in [-0.2, -0.15) is 0 Å². The van der Waals surface area contributed by atoms with Gasteiger partial charge in [0.25, 0.3) is 0 Å². The SMILES string of the molecule is C[C@H]1CCNC[C@@H]1CO. The highest BCUT2D eigenvalue weighted by Gasteiger charge is 2.19. The van der Waals surface area contributed by atoms with Crippen LogP contribution in [0.4, 0.5) is 0 Å². The van der Waals surface area contributed by atoms with Crippen LogP contribution in [0.1, 0.15) is 13.3 Å². The van der Waals surface area contributed by atoms with Crippen LogP contribution >= 0.6 is 0 Å². The molecule has 0 spiro atoms. The van der Waals surface area contributed by atoms with E-state index in [0.29, 0.717) is 18.4 Å². The molecule has 54 valence electrons. The number of hydrogen-bond acceptors (Lipinski definition) is 2. The molecule has 0 bridgehead atoms. The first-order valence-corrected chi connectivity index (χ1v) is 3.66. The molecule has 0 aromatic heterocycles. The summed E-state index contributed by atoms with van der Waals surface area (Å²) >= 11 is 0. The van der Waals surface area contributed by atoms with E-state index in [1.165, 1.54) is 6.42 Å². The molecule has 0 unspecified atom stereocenters. The van der Waals surface area contributed by atoms with Crippen molar-refractivity contribution in [1.82, 2.24) is 5.32 Å². The molecule has 0 aromatic rings. The normalized spacial score (nSPS) is 36.7. The van der Waals surface area contributed by atoms with Crippen molar-refractivity contribution in [3.05, 3.63) is 0 Å². The quantitative estimate of drug-likeness (QED) is 0.531. The van der Waals surface area contributed by atoms with Crippen molar-refractivity contribution in [2.75, 3.05) is 19.7 Å². The van der Waals surface area contributed by atoms with Crippen molar-refractivity contribution in [2.45, 2.75) is 13.3 Å².